The molecule has 0 amide bonds. The maximum Gasteiger partial charge on any atom is 0.339 e. The standard InChI is InChI=1S/C18H15BrFN5O2/c1-10-4-2-3-5-14(10)22-18-24-15(23-17(21)25-18)9-27-16(26)12-7-6-11(20)8-13(12)19/h2-8H,9H2,1H3,(H3,21,22,23,24,25). The van der Waals surface area contributed by atoms with Gasteiger partial charge < -0.3 is 15.8 Å². The second kappa shape index (κ2) is 8.09. The number of esters is 1. The van der Waals surface area contributed by atoms with E-state index >= 15 is 0 Å². The van der Waals surface area contributed by atoms with Crippen LogP contribution in [0, 0.1) is 12.7 Å². The lowest BCUT2D eigenvalue weighted by molar-refractivity contribution is 0.0461. The average Bonchev–Trinajstić information content (AvgIpc) is 2.61. The van der Waals surface area contributed by atoms with Crippen LogP contribution in [-0.4, -0.2) is 20.9 Å². The van der Waals surface area contributed by atoms with Gasteiger partial charge in [-0.15, -0.1) is 0 Å². The number of nitrogens with two attached hydrogens (primary N) is 1. The number of nitrogen functional groups attached to an aromatic ring is 1. The summed E-state index contributed by atoms with van der Waals surface area (Å²) in [6.45, 7) is 1.73. The Morgan fingerprint density at radius 2 is 2.00 bits per heavy atom. The van der Waals surface area contributed by atoms with Crippen LogP contribution in [0.15, 0.2) is 46.9 Å². The minimum atomic E-state index is -0.644. The molecule has 3 N–H and O–H groups in total. The van der Waals surface area contributed by atoms with Crippen molar-refractivity contribution in [1.82, 2.24) is 15.0 Å². The molecule has 1 heterocycles. The first kappa shape index (κ1) is 18.7. The van der Waals surface area contributed by atoms with Gasteiger partial charge in [-0.1, -0.05) is 18.2 Å². The number of nitrogens with one attached hydrogen (secondary N) is 1. The highest BCUT2D eigenvalue weighted by molar-refractivity contribution is 9.10. The van der Waals surface area contributed by atoms with Crippen molar-refractivity contribution in [3.8, 4) is 0 Å². The summed E-state index contributed by atoms with van der Waals surface area (Å²) in [6, 6.07) is 11.3. The first-order valence-electron chi connectivity index (χ1n) is 7.87. The third kappa shape index (κ3) is 4.76. The molecule has 0 spiro atoms. The number of nitrogens with zero attached hydrogens (tertiary/aromatic N) is 3. The molecule has 2 aromatic carbocycles. The number of para-hydroxylation sites is 1. The number of anilines is 3. The Labute approximate surface area is 162 Å². The Bertz CT molecular complexity index is 999. The van der Waals surface area contributed by atoms with E-state index in [0.717, 1.165) is 11.3 Å². The van der Waals surface area contributed by atoms with Gasteiger partial charge in [0.15, 0.2) is 12.4 Å². The van der Waals surface area contributed by atoms with E-state index < -0.39 is 11.8 Å². The molecular weight excluding hydrogens is 417 g/mol. The van der Waals surface area contributed by atoms with E-state index in [1.54, 1.807) is 0 Å². The molecule has 138 valence electrons. The van der Waals surface area contributed by atoms with Crippen molar-refractivity contribution in [3.63, 3.8) is 0 Å². The molecule has 0 unspecified atom stereocenters. The van der Waals surface area contributed by atoms with Crippen LogP contribution in [-0.2, 0) is 11.3 Å². The van der Waals surface area contributed by atoms with Gasteiger partial charge in [-0.3, -0.25) is 0 Å². The van der Waals surface area contributed by atoms with Crippen molar-refractivity contribution >= 4 is 39.5 Å². The second-order valence-corrected chi connectivity index (χ2v) is 6.43. The van der Waals surface area contributed by atoms with E-state index in [1.807, 2.05) is 31.2 Å². The maximum atomic E-state index is 13.1. The van der Waals surface area contributed by atoms with Crippen LogP contribution in [0.4, 0.5) is 22.0 Å². The lowest BCUT2D eigenvalue weighted by Gasteiger charge is -2.10. The Hall–Kier alpha value is -3.07. The number of rotatable bonds is 5. The van der Waals surface area contributed by atoms with Crippen LogP contribution in [0.1, 0.15) is 21.7 Å². The predicted molar refractivity (Wildman–Crippen MR) is 102 cm³/mol. The van der Waals surface area contributed by atoms with E-state index in [-0.39, 0.29) is 29.9 Å². The van der Waals surface area contributed by atoms with Crippen LogP contribution in [0.5, 0.6) is 0 Å². The molecule has 3 aromatic rings. The highest BCUT2D eigenvalue weighted by Gasteiger charge is 2.14. The van der Waals surface area contributed by atoms with Crippen LogP contribution in [0.2, 0.25) is 0 Å². The molecule has 7 nitrogen and oxygen atoms in total. The average molecular weight is 432 g/mol. The zero-order valence-electron chi connectivity index (χ0n) is 14.2. The summed E-state index contributed by atoms with van der Waals surface area (Å²) in [6.07, 6.45) is 0. The minimum absolute atomic E-state index is 0.00454. The van der Waals surface area contributed by atoms with Crippen LogP contribution < -0.4 is 11.1 Å². The molecule has 0 radical (unpaired) electrons. The van der Waals surface area contributed by atoms with Crippen LogP contribution in [0.3, 0.4) is 0 Å². The quantitative estimate of drug-likeness (QED) is 0.592. The van der Waals surface area contributed by atoms with Gasteiger partial charge in [-0.05, 0) is 52.7 Å². The molecule has 1 aromatic heterocycles. The summed E-state index contributed by atoms with van der Waals surface area (Å²) in [4.78, 5) is 24.4. The lowest BCUT2D eigenvalue weighted by Crippen LogP contribution is -2.11. The number of carbonyl (C=O) groups is 1. The van der Waals surface area contributed by atoms with Crippen LogP contribution >= 0.6 is 15.9 Å². The van der Waals surface area contributed by atoms with Crippen molar-refractivity contribution in [2.24, 2.45) is 0 Å². The molecule has 0 fully saturated rings. The molecule has 9 heteroatoms. The summed E-state index contributed by atoms with van der Waals surface area (Å²) >= 11 is 3.13. The number of aromatic nitrogens is 3. The molecule has 3 rings (SSSR count). The van der Waals surface area contributed by atoms with E-state index in [1.165, 1.54) is 18.2 Å². The molecule has 0 aliphatic rings. The maximum absolute atomic E-state index is 13.1. The van der Waals surface area contributed by atoms with Gasteiger partial charge >= 0.3 is 5.97 Å². The van der Waals surface area contributed by atoms with E-state index in [0.29, 0.717) is 4.47 Å². The summed E-state index contributed by atoms with van der Waals surface area (Å²) in [5.41, 5.74) is 7.73. The first-order valence-corrected chi connectivity index (χ1v) is 8.67. The molecule has 0 atom stereocenters. The minimum Gasteiger partial charge on any atom is -0.454 e. The van der Waals surface area contributed by atoms with Crippen LogP contribution in [0.25, 0.3) is 0 Å². The molecule has 0 bridgehead atoms. The van der Waals surface area contributed by atoms with E-state index in [2.05, 4.69) is 36.2 Å². The van der Waals surface area contributed by atoms with Crippen molar-refractivity contribution in [1.29, 1.82) is 0 Å². The largest absolute Gasteiger partial charge is 0.454 e. The number of aryl methyl sites for hydroxylation is 1. The Morgan fingerprint density at radius 3 is 2.74 bits per heavy atom. The van der Waals surface area contributed by atoms with Gasteiger partial charge in [0.25, 0.3) is 0 Å². The smallest absolute Gasteiger partial charge is 0.339 e. The monoisotopic (exact) mass is 431 g/mol. The van der Waals surface area contributed by atoms with Crippen molar-refractivity contribution in [2.75, 3.05) is 11.1 Å². The highest BCUT2D eigenvalue weighted by Crippen LogP contribution is 2.20. The Balaban J connectivity index is 1.73. The fraction of sp³-hybridized carbons (Fsp3) is 0.111. The number of hydrogen-bond acceptors (Lipinski definition) is 7. The van der Waals surface area contributed by atoms with Gasteiger partial charge in [0, 0.05) is 10.2 Å². The number of halogens is 2. The fourth-order valence-corrected chi connectivity index (χ4v) is 2.77. The topological polar surface area (TPSA) is 103 Å². The predicted octanol–water partition coefficient (Wildman–Crippen LogP) is 3.76. The molecule has 0 aliphatic heterocycles. The van der Waals surface area contributed by atoms with E-state index in [9.17, 15) is 9.18 Å². The molecule has 0 aliphatic carbocycles. The van der Waals surface area contributed by atoms with Gasteiger partial charge in [0.2, 0.25) is 11.9 Å². The zero-order chi connectivity index (χ0) is 19.4. The van der Waals surface area contributed by atoms with Crippen molar-refractivity contribution < 1.29 is 13.9 Å². The number of hydrogen-bond donors (Lipinski definition) is 2. The molecule has 0 saturated carbocycles. The van der Waals surface area contributed by atoms with Crippen molar-refractivity contribution in [2.45, 2.75) is 13.5 Å². The van der Waals surface area contributed by atoms with Gasteiger partial charge in [0.1, 0.15) is 5.82 Å². The third-order valence-corrected chi connectivity index (χ3v) is 4.23. The van der Waals surface area contributed by atoms with Gasteiger partial charge in [0.05, 0.1) is 5.56 Å². The number of carbonyl (C=O) groups excluding carboxylic acids is 1. The summed E-state index contributed by atoms with van der Waals surface area (Å²) in [7, 11) is 0. The zero-order valence-corrected chi connectivity index (χ0v) is 15.8. The molecular formula is C18H15BrFN5O2. The molecule has 27 heavy (non-hydrogen) atoms. The number of benzene rings is 2. The summed E-state index contributed by atoms with van der Waals surface area (Å²) in [5, 5.41) is 3.06. The van der Waals surface area contributed by atoms with Gasteiger partial charge in [-0.2, -0.15) is 15.0 Å². The summed E-state index contributed by atoms with van der Waals surface area (Å²) in [5.74, 6) is -0.684. The normalized spacial score (nSPS) is 10.5. The third-order valence-electron chi connectivity index (χ3n) is 3.57. The highest BCUT2D eigenvalue weighted by atomic mass is 79.9. The fourth-order valence-electron chi connectivity index (χ4n) is 2.25. The second-order valence-electron chi connectivity index (χ2n) is 5.57. The Kier molecular flexibility index (Phi) is 5.60. The van der Waals surface area contributed by atoms with E-state index in [4.69, 9.17) is 10.5 Å². The Morgan fingerprint density at radius 1 is 1.22 bits per heavy atom. The van der Waals surface area contributed by atoms with Crippen molar-refractivity contribution in [3.05, 3.63) is 69.7 Å². The SMILES string of the molecule is Cc1ccccc1Nc1nc(N)nc(COC(=O)c2ccc(F)cc2Br)n1. The lowest BCUT2D eigenvalue weighted by atomic mass is 10.2. The molecule has 0 saturated heterocycles. The number of ether oxygens (including phenoxy) is 1. The first-order chi connectivity index (χ1) is 12.9. The summed E-state index contributed by atoms with van der Waals surface area (Å²) < 4.78 is 18.6. The van der Waals surface area contributed by atoms with Gasteiger partial charge in [-0.25, -0.2) is 9.18 Å².